The highest BCUT2D eigenvalue weighted by molar-refractivity contribution is 9.10. The van der Waals surface area contributed by atoms with Gasteiger partial charge in [0.15, 0.2) is 0 Å². The molecule has 27 heavy (non-hydrogen) atoms. The van der Waals surface area contributed by atoms with Gasteiger partial charge in [-0.25, -0.2) is 4.98 Å². The molecule has 0 spiro atoms. The van der Waals surface area contributed by atoms with Crippen LogP contribution < -0.4 is 10.9 Å². The Hall–Kier alpha value is -3.06. The molecule has 1 amide bonds. The number of nitrogens with one attached hydrogen (secondary N) is 1. The van der Waals surface area contributed by atoms with Gasteiger partial charge < -0.3 is 5.32 Å². The van der Waals surface area contributed by atoms with Gasteiger partial charge in [-0.2, -0.15) is 0 Å². The Morgan fingerprint density at radius 2 is 1.93 bits per heavy atom. The van der Waals surface area contributed by atoms with Crippen LogP contribution in [0.3, 0.4) is 0 Å². The molecule has 0 saturated carbocycles. The first-order valence-corrected chi connectivity index (χ1v) is 9.19. The maximum atomic E-state index is 12.6. The molecule has 0 bridgehead atoms. The van der Waals surface area contributed by atoms with Crippen molar-refractivity contribution in [1.29, 1.82) is 0 Å². The van der Waals surface area contributed by atoms with Crippen LogP contribution in [-0.4, -0.2) is 20.4 Å². The maximum Gasteiger partial charge on any atom is 0.261 e. The lowest BCUT2D eigenvalue weighted by atomic mass is 10.2. The topological polar surface area (TPSA) is 76.9 Å². The number of para-hydroxylation sites is 1. The first-order valence-electron chi connectivity index (χ1n) is 8.39. The molecule has 4 rings (SSSR count). The fourth-order valence-corrected chi connectivity index (χ4v) is 3.24. The molecule has 0 saturated heterocycles. The number of benzene rings is 2. The summed E-state index contributed by atoms with van der Waals surface area (Å²) in [6.45, 7) is 0.251. The molecule has 7 heteroatoms. The summed E-state index contributed by atoms with van der Waals surface area (Å²) in [4.78, 5) is 33.4. The van der Waals surface area contributed by atoms with Crippen LogP contribution >= 0.6 is 15.9 Å². The van der Waals surface area contributed by atoms with E-state index >= 15 is 0 Å². The van der Waals surface area contributed by atoms with Gasteiger partial charge in [0.2, 0.25) is 5.91 Å². The largest absolute Gasteiger partial charge is 0.325 e. The van der Waals surface area contributed by atoms with Crippen molar-refractivity contribution in [1.82, 2.24) is 14.5 Å². The number of carbonyl (C=O) groups is 1. The lowest BCUT2D eigenvalue weighted by Gasteiger charge is -2.08. The number of hydrogen-bond acceptors (Lipinski definition) is 4. The van der Waals surface area contributed by atoms with E-state index in [-0.39, 0.29) is 24.4 Å². The minimum atomic E-state index is -0.187. The summed E-state index contributed by atoms with van der Waals surface area (Å²) < 4.78 is 2.26. The van der Waals surface area contributed by atoms with E-state index < -0.39 is 0 Å². The number of halogens is 1. The molecule has 4 aromatic rings. The molecule has 0 aliphatic carbocycles. The summed E-state index contributed by atoms with van der Waals surface area (Å²) in [6.07, 6.45) is 3.26. The van der Waals surface area contributed by atoms with Crippen molar-refractivity contribution in [3.8, 4) is 0 Å². The van der Waals surface area contributed by atoms with E-state index in [1.165, 1.54) is 10.9 Å². The fraction of sp³-hybridized carbons (Fsp3) is 0.100. The van der Waals surface area contributed by atoms with E-state index in [4.69, 9.17) is 0 Å². The second kappa shape index (κ2) is 7.28. The van der Waals surface area contributed by atoms with Crippen molar-refractivity contribution in [2.75, 3.05) is 5.32 Å². The number of amides is 1. The van der Waals surface area contributed by atoms with Gasteiger partial charge in [-0.3, -0.25) is 19.1 Å². The van der Waals surface area contributed by atoms with Crippen LogP contribution in [0.1, 0.15) is 6.42 Å². The molecular weight excluding hydrogens is 408 g/mol. The summed E-state index contributed by atoms with van der Waals surface area (Å²) in [5, 5.41) is 4.30. The van der Waals surface area contributed by atoms with Crippen LogP contribution in [0, 0.1) is 0 Å². The molecule has 2 aromatic carbocycles. The van der Waals surface area contributed by atoms with Crippen molar-refractivity contribution in [3.05, 3.63) is 75.9 Å². The van der Waals surface area contributed by atoms with Crippen LogP contribution in [0.4, 0.5) is 5.69 Å². The second-order valence-corrected chi connectivity index (χ2v) is 7.04. The molecule has 0 unspecified atom stereocenters. The third-order valence-electron chi connectivity index (χ3n) is 4.24. The molecule has 0 atom stereocenters. The highest BCUT2D eigenvalue weighted by atomic mass is 79.9. The number of rotatable bonds is 4. The summed E-state index contributed by atoms with van der Waals surface area (Å²) in [7, 11) is 0. The van der Waals surface area contributed by atoms with Crippen LogP contribution in [-0.2, 0) is 11.3 Å². The van der Waals surface area contributed by atoms with E-state index in [0.29, 0.717) is 16.6 Å². The van der Waals surface area contributed by atoms with Gasteiger partial charge in [0.1, 0.15) is 0 Å². The number of fused-ring (bicyclic) bond motifs is 2. The summed E-state index contributed by atoms with van der Waals surface area (Å²) in [5.74, 6) is -0.187. The fourth-order valence-electron chi connectivity index (χ4n) is 2.88. The molecule has 0 radical (unpaired) electrons. The van der Waals surface area contributed by atoms with Gasteiger partial charge in [-0.1, -0.05) is 34.1 Å². The quantitative estimate of drug-likeness (QED) is 0.543. The van der Waals surface area contributed by atoms with E-state index in [1.54, 1.807) is 18.3 Å². The summed E-state index contributed by atoms with van der Waals surface area (Å²) in [6, 6.07) is 14.9. The number of pyridine rings is 1. The number of carbonyl (C=O) groups excluding carboxylic acids is 1. The Kier molecular flexibility index (Phi) is 4.68. The SMILES string of the molecule is O=C(CCn1cnc2ccc(Br)cc2c1=O)Nc1cnc2ccccc2c1. The van der Waals surface area contributed by atoms with Crippen LogP contribution in [0.25, 0.3) is 21.8 Å². The molecule has 134 valence electrons. The van der Waals surface area contributed by atoms with Gasteiger partial charge in [0, 0.05) is 22.8 Å². The Balaban J connectivity index is 1.48. The van der Waals surface area contributed by atoms with Crippen LogP contribution in [0.5, 0.6) is 0 Å². The number of anilines is 1. The Morgan fingerprint density at radius 3 is 2.81 bits per heavy atom. The zero-order chi connectivity index (χ0) is 18.8. The highest BCUT2D eigenvalue weighted by Gasteiger charge is 2.08. The smallest absolute Gasteiger partial charge is 0.261 e. The highest BCUT2D eigenvalue weighted by Crippen LogP contribution is 2.17. The lowest BCUT2D eigenvalue weighted by molar-refractivity contribution is -0.116. The van der Waals surface area contributed by atoms with Gasteiger partial charge in [0.25, 0.3) is 5.56 Å². The zero-order valence-corrected chi connectivity index (χ0v) is 15.8. The second-order valence-electron chi connectivity index (χ2n) is 6.12. The third kappa shape index (κ3) is 3.73. The number of aromatic nitrogens is 3. The average molecular weight is 423 g/mol. The van der Waals surface area contributed by atoms with Crippen molar-refractivity contribution in [2.24, 2.45) is 0 Å². The first-order chi connectivity index (χ1) is 13.1. The van der Waals surface area contributed by atoms with Gasteiger partial charge in [-0.05, 0) is 30.3 Å². The summed E-state index contributed by atoms with van der Waals surface area (Å²) >= 11 is 3.36. The van der Waals surface area contributed by atoms with Crippen molar-refractivity contribution < 1.29 is 4.79 Å². The Morgan fingerprint density at radius 1 is 1.07 bits per heavy atom. The predicted molar refractivity (Wildman–Crippen MR) is 109 cm³/mol. The van der Waals surface area contributed by atoms with Gasteiger partial charge in [-0.15, -0.1) is 0 Å². The minimum absolute atomic E-state index is 0.161. The molecule has 0 fully saturated rings. The van der Waals surface area contributed by atoms with Crippen LogP contribution in [0.15, 0.2) is 70.3 Å². The molecule has 0 aliphatic rings. The molecule has 1 N–H and O–H groups in total. The standard InChI is InChI=1S/C20H15BrN4O2/c21-14-5-6-18-16(10-14)20(27)25(12-23-18)8-7-19(26)24-15-9-13-3-1-2-4-17(13)22-11-15/h1-6,9-12H,7-8H2,(H,24,26). The van der Waals surface area contributed by atoms with Crippen molar-refractivity contribution in [3.63, 3.8) is 0 Å². The van der Waals surface area contributed by atoms with E-state index in [2.05, 4.69) is 31.2 Å². The monoisotopic (exact) mass is 422 g/mol. The Bertz CT molecular complexity index is 1220. The first kappa shape index (κ1) is 17.4. The molecule has 6 nitrogen and oxygen atoms in total. The van der Waals surface area contributed by atoms with Crippen molar-refractivity contribution >= 4 is 49.3 Å². The molecule has 0 aliphatic heterocycles. The average Bonchev–Trinajstić information content (AvgIpc) is 2.68. The van der Waals surface area contributed by atoms with E-state index in [1.807, 2.05) is 36.4 Å². The number of aryl methyl sites for hydroxylation is 1. The predicted octanol–water partition coefficient (Wildman–Crippen LogP) is 3.74. The van der Waals surface area contributed by atoms with E-state index in [0.717, 1.165) is 15.4 Å². The Labute approximate surface area is 163 Å². The lowest BCUT2D eigenvalue weighted by Crippen LogP contribution is -2.23. The van der Waals surface area contributed by atoms with Crippen molar-refractivity contribution in [2.45, 2.75) is 13.0 Å². The minimum Gasteiger partial charge on any atom is -0.325 e. The summed E-state index contributed by atoms with van der Waals surface area (Å²) in [5.41, 5.74) is 1.97. The number of hydrogen-bond donors (Lipinski definition) is 1. The third-order valence-corrected chi connectivity index (χ3v) is 4.73. The number of nitrogens with zero attached hydrogens (tertiary/aromatic N) is 3. The normalized spacial score (nSPS) is 11.0. The van der Waals surface area contributed by atoms with Gasteiger partial charge >= 0.3 is 0 Å². The van der Waals surface area contributed by atoms with Crippen LogP contribution in [0.2, 0.25) is 0 Å². The zero-order valence-electron chi connectivity index (χ0n) is 14.2. The molecule has 2 aromatic heterocycles. The molecule has 2 heterocycles. The maximum absolute atomic E-state index is 12.6. The van der Waals surface area contributed by atoms with Gasteiger partial charge in [0.05, 0.1) is 34.6 Å². The molecular formula is C20H15BrN4O2. The van der Waals surface area contributed by atoms with E-state index in [9.17, 15) is 9.59 Å².